The monoisotopic (exact) mass is 436 g/mol. The number of aryl methyl sites for hydroxylation is 3. The van der Waals surface area contributed by atoms with Gasteiger partial charge in [-0.2, -0.15) is 0 Å². The molecule has 0 saturated carbocycles. The normalized spacial score (nSPS) is 12.3. The van der Waals surface area contributed by atoms with E-state index in [1.807, 2.05) is 63.2 Å². The number of amides is 1. The van der Waals surface area contributed by atoms with Gasteiger partial charge in [-0.05, 0) is 61.6 Å². The van der Waals surface area contributed by atoms with Crippen molar-refractivity contribution in [2.75, 3.05) is 11.3 Å². The quantitative estimate of drug-likeness (QED) is 0.550. The fourth-order valence-electron chi connectivity index (χ4n) is 3.41. The third kappa shape index (κ3) is 5.52. The van der Waals surface area contributed by atoms with Gasteiger partial charge in [-0.3, -0.25) is 9.52 Å². The number of anilines is 1. The van der Waals surface area contributed by atoms with Crippen LogP contribution in [0.3, 0.4) is 0 Å². The zero-order chi connectivity index (χ0) is 22.6. The molecule has 0 bridgehead atoms. The summed E-state index contributed by atoms with van der Waals surface area (Å²) >= 11 is 0. The molecule has 3 aromatic rings. The third-order valence-corrected chi connectivity index (χ3v) is 6.81. The standard InChI is InChI=1S/C25H28N2O3S/c1-17-10-13-23(19(3)14-17)27-31(29,30)24-15-22(12-11-18(24)2)25(28)26-16-20(4)21-8-6-5-7-9-21/h5-15,20,27H,16H2,1-4H3,(H,26,28)/t20-/m0/s1. The Morgan fingerprint density at radius 1 is 0.903 bits per heavy atom. The summed E-state index contributed by atoms with van der Waals surface area (Å²) in [4.78, 5) is 12.8. The van der Waals surface area contributed by atoms with E-state index in [-0.39, 0.29) is 16.7 Å². The Labute approximate surface area is 184 Å². The maximum Gasteiger partial charge on any atom is 0.262 e. The molecule has 1 atom stereocenters. The van der Waals surface area contributed by atoms with Gasteiger partial charge in [-0.1, -0.05) is 61.0 Å². The number of rotatable bonds is 7. The average Bonchev–Trinajstić information content (AvgIpc) is 2.74. The molecule has 5 nitrogen and oxygen atoms in total. The van der Waals surface area contributed by atoms with Crippen molar-refractivity contribution in [3.63, 3.8) is 0 Å². The lowest BCUT2D eigenvalue weighted by Crippen LogP contribution is -2.28. The summed E-state index contributed by atoms with van der Waals surface area (Å²) in [6, 6.07) is 20.2. The number of hydrogen-bond donors (Lipinski definition) is 2. The largest absolute Gasteiger partial charge is 0.351 e. The van der Waals surface area contributed by atoms with E-state index >= 15 is 0 Å². The van der Waals surface area contributed by atoms with E-state index in [0.29, 0.717) is 23.4 Å². The van der Waals surface area contributed by atoms with Crippen molar-refractivity contribution in [2.24, 2.45) is 0 Å². The van der Waals surface area contributed by atoms with Crippen molar-refractivity contribution in [1.29, 1.82) is 0 Å². The molecule has 0 aromatic heterocycles. The average molecular weight is 437 g/mol. The zero-order valence-corrected chi connectivity index (χ0v) is 19.1. The van der Waals surface area contributed by atoms with Gasteiger partial charge in [-0.15, -0.1) is 0 Å². The molecule has 2 N–H and O–H groups in total. The van der Waals surface area contributed by atoms with E-state index in [0.717, 1.165) is 16.7 Å². The molecule has 0 aliphatic rings. The van der Waals surface area contributed by atoms with Gasteiger partial charge in [0.2, 0.25) is 0 Å². The van der Waals surface area contributed by atoms with Crippen LogP contribution in [0.2, 0.25) is 0 Å². The van der Waals surface area contributed by atoms with Crippen molar-refractivity contribution >= 4 is 21.6 Å². The predicted molar refractivity (Wildman–Crippen MR) is 125 cm³/mol. The Hall–Kier alpha value is -3.12. The first-order valence-corrected chi connectivity index (χ1v) is 11.7. The third-order valence-electron chi connectivity index (χ3n) is 5.30. The molecule has 0 aliphatic carbocycles. The van der Waals surface area contributed by atoms with Gasteiger partial charge >= 0.3 is 0 Å². The van der Waals surface area contributed by atoms with E-state index in [1.165, 1.54) is 6.07 Å². The van der Waals surface area contributed by atoms with Gasteiger partial charge in [0.05, 0.1) is 10.6 Å². The summed E-state index contributed by atoms with van der Waals surface area (Å²) in [5.41, 5.74) is 4.44. The Morgan fingerprint density at radius 2 is 1.61 bits per heavy atom. The predicted octanol–water partition coefficient (Wildman–Crippen LogP) is 4.95. The summed E-state index contributed by atoms with van der Waals surface area (Å²) in [7, 11) is -3.84. The molecule has 3 aromatic carbocycles. The lowest BCUT2D eigenvalue weighted by Gasteiger charge is -2.15. The van der Waals surface area contributed by atoms with Crippen LogP contribution >= 0.6 is 0 Å². The van der Waals surface area contributed by atoms with E-state index in [4.69, 9.17) is 0 Å². The number of hydrogen-bond acceptors (Lipinski definition) is 3. The molecule has 0 unspecified atom stereocenters. The molecule has 0 aliphatic heterocycles. The van der Waals surface area contributed by atoms with Crippen LogP contribution < -0.4 is 10.0 Å². The minimum atomic E-state index is -3.84. The van der Waals surface area contributed by atoms with Gasteiger partial charge < -0.3 is 5.32 Å². The smallest absolute Gasteiger partial charge is 0.262 e. The first kappa shape index (κ1) is 22.6. The SMILES string of the molecule is Cc1ccc(NS(=O)(=O)c2cc(C(=O)NC[C@H](C)c3ccccc3)ccc2C)c(C)c1. The molecular formula is C25H28N2O3S. The second-order valence-corrected chi connectivity index (χ2v) is 9.58. The van der Waals surface area contributed by atoms with Crippen LogP contribution in [-0.2, 0) is 10.0 Å². The van der Waals surface area contributed by atoms with Crippen molar-refractivity contribution in [3.8, 4) is 0 Å². The number of benzene rings is 3. The molecule has 0 radical (unpaired) electrons. The van der Waals surface area contributed by atoms with Gasteiger partial charge in [0.25, 0.3) is 15.9 Å². The molecule has 0 heterocycles. The van der Waals surface area contributed by atoms with Crippen LogP contribution in [0.4, 0.5) is 5.69 Å². The highest BCUT2D eigenvalue weighted by molar-refractivity contribution is 7.92. The van der Waals surface area contributed by atoms with Gasteiger partial charge in [-0.25, -0.2) is 8.42 Å². The van der Waals surface area contributed by atoms with Crippen LogP contribution in [0.15, 0.2) is 71.6 Å². The summed E-state index contributed by atoms with van der Waals surface area (Å²) in [6.45, 7) is 8.02. The van der Waals surface area contributed by atoms with Crippen LogP contribution in [0, 0.1) is 20.8 Å². The van der Waals surface area contributed by atoms with Crippen molar-refractivity contribution < 1.29 is 13.2 Å². The second kappa shape index (κ2) is 9.35. The van der Waals surface area contributed by atoms with E-state index in [1.54, 1.807) is 25.1 Å². The fraction of sp³-hybridized carbons (Fsp3) is 0.240. The first-order chi connectivity index (χ1) is 14.7. The molecule has 0 fully saturated rings. The molecule has 31 heavy (non-hydrogen) atoms. The van der Waals surface area contributed by atoms with E-state index < -0.39 is 10.0 Å². The van der Waals surface area contributed by atoms with Gasteiger partial charge in [0.15, 0.2) is 0 Å². The maximum absolute atomic E-state index is 13.0. The molecular weight excluding hydrogens is 408 g/mol. The molecule has 162 valence electrons. The van der Waals surface area contributed by atoms with Crippen LogP contribution in [0.1, 0.15) is 45.5 Å². The summed E-state index contributed by atoms with van der Waals surface area (Å²) < 4.78 is 28.7. The molecule has 0 saturated heterocycles. The van der Waals surface area contributed by atoms with Crippen molar-refractivity contribution in [1.82, 2.24) is 5.32 Å². The summed E-state index contributed by atoms with van der Waals surface area (Å²) in [5, 5.41) is 2.91. The Morgan fingerprint density at radius 3 is 2.29 bits per heavy atom. The first-order valence-electron chi connectivity index (χ1n) is 10.2. The molecule has 6 heteroatoms. The molecule has 1 amide bonds. The Bertz CT molecular complexity index is 1190. The Kier molecular flexibility index (Phi) is 6.81. The zero-order valence-electron chi connectivity index (χ0n) is 18.3. The highest BCUT2D eigenvalue weighted by Gasteiger charge is 2.20. The summed E-state index contributed by atoms with van der Waals surface area (Å²) in [5.74, 6) is -0.157. The lowest BCUT2D eigenvalue weighted by molar-refractivity contribution is 0.0951. The minimum absolute atomic E-state index is 0.0937. The minimum Gasteiger partial charge on any atom is -0.351 e. The molecule has 0 spiro atoms. The number of sulfonamides is 1. The number of nitrogens with one attached hydrogen (secondary N) is 2. The van der Waals surface area contributed by atoms with E-state index in [9.17, 15) is 13.2 Å². The van der Waals surface area contributed by atoms with Crippen molar-refractivity contribution in [3.05, 3.63) is 94.5 Å². The van der Waals surface area contributed by atoms with Gasteiger partial charge in [0, 0.05) is 12.1 Å². The maximum atomic E-state index is 13.0. The van der Waals surface area contributed by atoms with Gasteiger partial charge in [0.1, 0.15) is 0 Å². The number of carbonyl (C=O) groups excluding carboxylic acids is 1. The summed E-state index contributed by atoms with van der Waals surface area (Å²) in [6.07, 6.45) is 0. The topological polar surface area (TPSA) is 75.3 Å². The van der Waals surface area contributed by atoms with Crippen LogP contribution in [0.25, 0.3) is 0 Å². The van der Waals surface area contributed by atoms with Crippen LogP contribution in [0.5, 0.6) is 0 Å². The van der Waals surface area contributed by atoms with Crippen molar-refractivity contribution in [2.45, 2.75) is 38.5 Å². The number of carbonyl (C=O) groups is 1. The highest BCUT2D eigenvalue weighted by Crippen LogP contribution is 2.24. The fourth-order valence-corrected chi connectivity index (χ4v) is 4.81. The second-order valence-electron chi connectivity index (χ2n) is 7.93. The highest BCUT2D eigenvalue weighted by atomic mass is 32.2. The van der Waals surface area contributed by atoms with E-state index in [2.05, 4.69) is 10.0 Å². The molecule has 3 rings (SSSR count). The Balaban J connectivity index is 1.78. The lowest BCUT2D eigenvalue weighted by atomic mass is 10.0. The van der Waals surface area contributed by atoms with Crippen LogP contribution in [-0.4, -0.2) is 20.9 Å².